The van der Waals surface area contributed by atoms with Gasteiger partial charge in [-0.25, -0.2) is 0 Å². The molecule has 0 aliphatic carbocycles. The van der Waals surface area contributed by atoms with Gasteiger partial charge in [-0.1, -0.05) is 66.7 Å². The van der Waals surface area contributed by atoms with Gasteiger partial charge in [0.1, 0.15) is 12.7 Å². The Hall–Kier alpha value is -2.43. The largest absolute Gasteiger partial charge is 0.359 e. The smallest absolute Gasteiger partial charge is 0.248 e. The summed E-state index contributed by atoms with van der Waals surface area (Å²) in [6.07, 6.45) is -0.248. The second-order valence-electron chi connectivity index (χ2n) is 6.00. The van der Waals surface area contributed by atoms with Gasteiger partial charge in [0, 0.05) is 11.4 Å². The second-order valence-corrected chi connectivity index (χ2v) is 7.03. The van der Waals surface area contributed by atoms with Crippen LogP contribution in [-0.4, -0.2) is 24.0 Å². The first kappa shape index (κ1) is 18.4. The number of rotatable bonds is 8. The van der Waals surface area contributed by atoms with Crippen molar-refractivity contribution >= 4 is 17.2 Å². The Labute approximate surface area is 158 Å². The van der Waals surface area contributed by atoms with E-state index >= 15 is 0 Å². The van der Waals surface area contributed by atoms with Gasteiger partial charge in [-0.3, -0.25) is 4.79 Å². The van der Waals surface area contributed by atoms with Gasteiger partial charge < -0.3 is 9.64 Å². The van der Waals surface area contributed by atoms with Gasteiger partial charge in [0.25, 0.3) is 0 Å². The fourth-order valence-corrected chi connectivity index (χ4v) is 3.57. The molecule has 0 atom stereocenters. The minimum absolute atomic E-state index is 0.0118. The monoisotopic (exact) mass is 365 g/mol. The van der Waals surface area contributed by atoms with Crippen LogP contribution in [-0.2, 0) is 16.1 Å². The van der Waals surface area contributed by atoms with Crippen LogP contribution in [0.1, 0.15) is 29.0 Å². The highest BCUT2D eigenvalue weighted by atomic mass is 32.1. The number of nitrogens with zero attached hydrogens (tertiary/aromatic N) is 1. The lowest BCUT2D eigenvalue weighted by Crippen LogP contribution is -2.33. The molecule has 0 unspecified atom stereocenters. The highest BCUT2D eigenvalue weighted by molar-refractivity contribution is 7.09. The Morgan fingerprint density at radius 1 is 0.962 bits per heavy atom. The zero-order valence-corrected chi connectivity index (χ0v) is 15.7. The van der Waals surface area contributed by atoms with Crippen molar-refractivity contribution < 1.29 is 9.53 Å². The second kappa shape index (κ2) is 9.32. The maximum atomic E-state index is 12.7. The fourth-order valence-electron chi connectivity index (χ4n) is 2.85. The number of amides is 1. The summed E-state index contributed by atoms with van der Waals surface area (Å²) < 4.78 is 6.09. The maximum Gasteiger partial charge on any atom is 0.248 e. The van der Waals surface area contributed by atoms with Crippen LogP contribution in [0.3, 0.4) is 0 Å². The van der Waals surface area contributed by atoms with Crippen molar-refractivity contribution in [3.05, 3.63) is 94.2 Å². The molecule has 0 bridgehead atoms. The summed E-state index contributed by atoms with van der Waals surface area (Å²) in [6, 6.07) is 24.1. The summed E-state index contributed by atoms with van der Waals surface area (Å²) >= 11 is 1.67. The molecule has 3 aromatic rings. The fraction of sp³-hybridized carbons (Fsp3) is 0.227. The Morgan fingerprint density at radius 3 is 2.08 bits per heavy atom. The van der Waals surface area contributed by atoms with Gasteiger partial charge >= 0.3 is 0 Å². The number of likely N-dealkylation sites (N-methyl/N-ethyl adjacent to an activating group) is 1. The van der Waals surface area contributed by atoms with Crippen molar-refractivity contribution in [3.63, 3.8) is 0 Å². The molecule has 0 fully saturated rings. The molecular formula is C22H23NO2S. The molecule has 2 aromatic carbocycles. The van der Waals surface area contributed by atoms with Crippen molar-refractivity contribution in [3.8, 4) is 0 Å². The summed E-state index contributed by atoms with van der Waals surface area (Å²) in [5.41, 5.74) is 2.10. The minimum Gasteiger partial charge on any atom is -0.359 e. The lowest BCUT2D eigenvalue weighted by molar-refractivity contribution is -0.137. The zero-order chi connectivity index (χ0) is 18.2. The molecule has 0 aliphatic heterocycles. The molecule has 4 heteroatoms. The SMILES string of the molecule is CCN(Cc1cccs1)C(=O)COC(c1ccccc1)c1ccccc1. The molecule has 1 aromatic heterocycles. The number of carbonyl (C=O) groups is 1. The first-order valence-corrected chi connectivity index (χ1v) is 9.67. The van der Waals surface area contributed by atoms with Crippen LogP contribution >= 0.6 is 11.3 Å². The third-order valence-corrected chi connectivity index (χ3v) is 5.10. The zero-order valence-electron chi connectivity index (χ0n) is 14.9. The van der Waals surface area contributed by atoms with E-state index < -0.39 is 0 Å². The normalized spacial score (nSPS) is 10.8. The van der Waals surface area contributed by atoms with Crippen LogP contribution in [0.25, 0.3) is 0 Å². The Balaban J connectivity index is 1.70. The van der Waals surface area contributed by atoms with E-state index in [0.717, 1.165) is 11.1 Å². The minimum atomic E-state index is -0.248. The molecule has 1 amide bonds. The van der Waals surface area contributed by atoms with Crippen LogP contribution in [0.2, 0.25) is 0 Å². The number of carbonyl (C=O) groups excluding carboxylic acids is 1. The topological polar surface area (TPSA) is 29.5 Å². The average molecular weight is 365 g/mol. The molecular weight excluding hydrogens is 342 g/mol. The van der Waals surface area contributed by atoms with Gasteiger partial charge in [-0.15, -0.1) is 11.3 Å². The van der Waals surface area contributed by atoms with E-state index in [4.69, 9.17) is 4.74 Å². The lowest BCUT2D eigenvalue weighted by atomic mass is 10.0. The molecule has 0 radical (unpaired) electrons. The predicted octanol–water partition coefficient (Wildman–Crippen LogP) is 4.90. The number of benzene rings is 2. The van der Waals surface area contributed by atoms with Crippen LogP contribution in [0.15, 0.2) is 78.2 Å². The Kier molecular flexibility index (Phi) is 6.58. The van der Waals surface area contributed by atoms with Crippen LogP contribution in [0.4, 0.5) is 0 Å². The van der Waals surface area contributed by atoms with E-state index in [-0.39, 0.29) is 18.6 Å². The quantitative estimate of drug-likeness (QED) is 0.568. The van der Waals surface area contributed by atoms with Crippen molar-refractivity contribution in [2.24, 2.45) is 0 Å². The van der Waals surface area contributed by atoms with Gasteiger partial charge in [0.05, 0.1) is 6.54 Å². The molecule has 0 aliphatic rings. The van der Waals surface area contributed by atoms with E-state index in [1.54, 1.807) is 11.3 Å². The molecule has 0 saturated carbocycles. The molecule has 3 rings (SSSR count). The van der Waals surface area contributed by atoms with Crippen LogP contribution < -0.4 is 0 Å². The molecule has 26 heavy (non-hydrogen) atoms. The first-order valence-electron chi connectivity index (χ1n) is 8.79. The maximum absolute atomic E-state index is 12.7. The van der Waals surface area contributed by atoms with Crippen LogP contribution in [0, 0.1) is 0 Å². The standard InChI is InChI=1S/C22H23NO2S/c1-2-23(16-20-14-9-15-26-20)21(24)17-25-22(18-10-5-3-6-11-18)19-12-7-4-8-13-19/h3-15,22H,2,16-17H2,1H3. The third kappa shape index (κ3) is 4.81. The lowest BCUT2D eigenvalue weighted by Gasteiger charge is -2.23. The summed E-state index contributed by atoms with van der Waals surface area (Å²) in [5.74, 6) is 0.0118. The van der Waals surface area contributed by atoms with E-state index in [1.807, 2.05) is 83.9 Å². The van der Waals surface area contributed by atoms with E-state index in [2.05, 4.69) is 6.07 Å². The Bertz CT molecular complexity index is 748. The molecule has 0 spiro atoms. The summed E-state index contributed by atoms with van der Waals surface area (Å²) in [4.78, 5) is 15.7. The highest BCUT2D eigenvalue weighted by Gasteiger charge is 2.19. The summed E-state index contributed by atoms with van der Waals surface area (Å²) in [5, 5.41) is 2.03. The number of hydrogen-bond donors (Lipinski definition) is 0. The van der Waals surface area contributed by atoms with Crippen molar-refractivity contribution in [2.75, 3.05) is 13.2 Å². The number of hydrogen-bond acceptors (Lipinski definition) is 3. The first-order chi connectivity index (χ1) is 12.8. The molecule has 3 nitrogen and oxygen atoms in total. The third-order valence-electron chi connectivity index (χ3n) is 4.24. The van der Waals surface area contributed by atoms with Gasteiger partial charge in [-0.2, -0.15) is 0 Å². The summed E-state index contributed by atoms with van der Waals surface area (Å²) in [7, 11) is 0. The molecule has 1 heterocycles. The van der Waals surface area contributed by atoms with Crippen molar-refractivity contribution in [1.29, 1.82) is 0 Å². The van der Waals surface area contributed by atoms with Gasteiger partial charge in [-0.05, 0) is 29.5 Å². The average Bonchev–Trinajstić information content (AvgIpc) is 3.21. The molecule has 134 valence electrons. The Morgan fingerprint density at radius 2 is 1.58 bits per heavy atom. The predicted molar refractivity (Wildman–Crippen MR) is 106 cm³/mol. The van der Waals surface area contributed by atoms with Crippen molar-refractivity contribution in [2.45, 2.75) is 19.6 Å². The highest BCUT2D eigenvalue weighted by Crippen LogP contribution is 2.25. The van der Waals surface area contributed by atoms with Gasteiger partial charge in [0.2, 0.25) is 5.91 Å². The van der Waals surface area contributed by atoms with Crippen LogP contribution in [0.5, 0.6) is 0 Å². The van der Waals surface area contributed by atoms with E-state index in [9.17, 15) is 4.79 Å². The van der Waals surface area contributed by atoms with Crippen molar-refractivity contribution in [1.82, 2.24) is 4.90 Å². The molecule has 0 saturated heterocycles. The van der Waals surface area contributed by atoms with E-state index in [1.165, 1.54) is 4.88 Å². The number of ether oxygens (including phenoxy) is 1. The van der Waals surface area contributed by atoms with E-state index in [0.29, 0.717) is 13.1 Å². The summed E-state index contributed by atoms with van der Waals surface area (Å²) in [6.45, 7) is 3.37. The van der Waals surface area contributed by atoms with Gasteiger partial charge in [0.15, 0.2) is 0 Å². The molecule has 0 N–H and O–H groups in total. The number of thiophene rings is 1.